The molecule has 0 saturated carbocycles. The van der Waals surface area contributed by atoms with Crippen molar-refractivity contribution in [2.75, 3.05) is 11.9 Å². The fraction of sp³-hybridized carbons (Fsp3) is 0.0769. The summed E-state index contributed by atoms with van der Waals surface area (Å²) in [6.07, 6.45) is 1.33. The Bertz CT molecular complexity index is 642. The number of nitrogens with two attached hydrogens (primary N) is 1. The van der Waals surface area contributed by atoms with Crippen LogP contribution in [0.25, 0.3) is 0 Å². The van der Waals surface area contributed by atoms with Gasteiger partial charge in [0, 0.05) is 11.6 Å². The van der Waals surface area contributed by atoms with Gasteiger partial charge in [0.05, 0.1) is 12.1 Å². The van der Waals surface area contributed by atoms with E-state index in [0.29, 0.717) is 0 Å². The van der Waals surface area contributed by atoms with Crippen molar-refractivity contribution in [2.45, 2.75) is 0 Å². The summed E-state index contributed by atoms with van der Waals surface area (Å²) in [5, 5.41) is 6.06. The quantitative estimate of drug-likeness (QED) is 0.798. The van der Waals surface area contributed by atoms with Gasteiger partial charge in [0.1, 0.15) is 12.1 Å². The smallest absolute Gasteiger partial charge is 0.258 e. The van der Waals surface area contributed by atoms with Gasteiger partial charge in [-0.2, -0.15) is 0 Å². The number of halogens is 1. The lowest BCUT2D eigenvalue weighted by atomic mass is 10.1. The zero-order valence-corrected chi connectivity index (χ0v) is 9.81. The predicted molar refractivity (Wildman–Crippen MR) is 66.8 cm³/mol. The molecular formula is C13H10FN3O2. The van der Waals surface area contributed by atoms with E-state index in [0.717, 1.165) is 0 Å². The standard InChI is InChI=1S/C13H10FN3O2/c14-10-3-4-11(9(8-10)2-1-6-15)13(18)16-12-5-7-19-17-12/h3-5,7-8H,6,15H2,(H,16,17,18). The van der Waals surface area contributed by atoms with Crippen LogP contribution in [0.1, 0.15) is 15.9 Å². The van der Waals surface area contributed by atoms with Gasteiger partial charge in [0.25, 0.3) is 5.91 Å². The van der Waals surface area contributed by atoms with Crippen LogP contribution < -0.4 is 11.1 Å². The van der Waals surface area contributed by atoms with Gasteiger partial charge in [-0.1, -0.05) is 17.0 Å². The Morgan fingerprint density at radius 3 is 3.00 bits per heavy atom. The van der Waals surface area contributed by atoms with Crippen LogP contribution in [0.15, 0.2) is 35.1 Å². The molecule has 0 saturated heterocycles. The summed E-state index contributed by atoms with van der Waals surface area (Å²) in [7, 11) is 0. The number of benzene rings is 1. The Morgan fingerprint density at radius 2 is 2.32 bits per heavy atom. The van der Waals surface area contributed by atoms with Crippen molar-refractivity contribution in [3.05, 3.63) is 47.5 Å². The number of nitrogens with one attached hydrogen (secondary N) is 1. The molecule has 0 spiro atoms. The molecule has 0 radical (unpaired) electrons. The number of amides is 1. The molecule has 1 aromatic carbocycles. The van der Waals surface area contributed by atoms with Crippen molar-refractivity contribution in [1.82, 2.24) is 5.16 Å². The Labute approximate surface area is 108 Å². The van der Waals surface area contributed by atoms with Crippen molar-refractivity contribution in [3.63, 3.8) is 0 Å². The fourth-order valence-corrected chi connectivity index (χ4v) is 1.42. The normalized spacial score (nSPS) is 9.58. The van der Waals surface area contributed by atoms with Crippen LogP contribution in [0.2, 0.25) is 0 Å². The molecule has 6 heteroatoms. The zero-order valence-electron chi connectivity index (χ0n) is 9.81. The second-order valence-corrected chi connectivity index (χ2v) is 3.53. The molecule has 0 fully saturated rings. The third-order valence-electron chi connectivity index (χ3n) is 2.23. The summed E-state index contributed by atoms with van der Waals surface area (Å²) < 4.78 is 17.8. The van der Waals surface area contributed by atoms with E-state index in [1.165, 1.54) is 30.5 Å². The summed E-state index contributed by atoms with van der Waals surface area (Å²) in [5.74, 6) is 4.59. The lowest BCUT2D eigenvalue weighted by Gasteiger charge is -2.04. The summed E-state index contributed by atoms with van der Waals surface area (Å²) >= 11 is 0. The largest absolute Gasteiger partial charge is 0.363 e. The molecule has 1 amide bonds. The maximum Gasteiger partial charge on any atom is 0.258 e. The number of carbonyl (C=O) groups is 1. The van der Waals surface area contributed by atoms with E-state index in [1.807, 2.05) is 0 Å². The van der Waals surface area contributed by atoms with Crippen LogP contribution in [-0.2, 0) is 0 Å². The lowest BCUT2D eigenvalue weighted by Crippen LogP contribution is -2.14. The maximum absolute atomic E-state index is 13.2. The van der Waals surface area contributed by atoms with E-state index in [9.17, 15) is 9.18 Å². The Hall–Kier alpha value is -2.65. The highest BCUT2D eigenvalue weighted by molar-refractivity contribution is 6.05. The third-order valence-corrected chi connectivity index (χ3v) is 2.23. The first-order chi connectivity index (χ1) is 9.20. The number of nitrogens with zero attached hydrogens (tertiary/aromatic N) is 1. The Balaban J connectivity index is 2.30. The summed E-state index contributed by atoms with van der Waals surface area (Å²) in [4.78, 5) is 12.0. The van der Waals surface area contributed by atoms with Gasteiger partial charge in [0.15, 0.2) is 5.82 Å². The van der Waals surface area contributed by atoms with Crippen molar-refractivity contribution < 1.29 is 13.7 Å². The minimum Gasteiger partial charge on any atom is -0.363 e. The molecule has 19 heavy (non-hydrogen) atoms. The van der Waals surface area contributed by atoms with Crippen LogP contribution in [0.3, 0.4) is 0 Å². The van der Waals surface area contributed by atoms with E-state index in [4.69, 9.17) is 5.73 Å². The van der Waals surface area contributed by atoms with Gasteiger partial charge in [-0.05, 0) is 18.2 Å². The zero-order chi connectivity index (χ0) is 13.7. The van der Waals surface area contributed by atoms with E-state index >= 15 is 0 Å². The number of anilines is 1. The van der Waals surface area contributed by atoms with Crippen molar-refractivity contribution in [1.29, 1.82) is 0 Å². The molecule has 0 aliphatic carbocycles. The number of hydrogen-bond acceptors (Lipinski definition) is 4. The van der Waals surface area contributed by atoms with Gasteiger partial charge < -0.3 is 15.6 Å². The molecule has 3 N–H and O–H groups in total. The molecule has 1 aromatic heterocycles. The molecule has 5 nitrogen and oxygen atoms in total. The monoisotopic (exact) mass is 259 g/mol. The molecule has 0 bridgehead atoms. The molecule has 1 heterocycles. The van der Waals surface area contributed by atoms with Gasteiger partial charge in [-0.25, -0.2) is 4.39 Å². The van der Waals surface area contributed by atoms with Crippen molar-refractivity contribution in [3.8, 4) is 11.8 Å². The SMILES string of the molecule is NCC#Cc1cc(F)ccc1C(=O)Nc1ccon1. The second kappa shape index (κ2) is 5.80. The van der Waals surface area contributed by atoms with Crippen LogP contribution in [0.4, 0.5) is 10.2 Å². The molecule has 2 rings (SSSR count). The summed E-state index contributed by atoms with van der Waals surface area (Å²) in [6.45, 7) is 0.126. The average molecular weight is 259 g/mol. The maximum atomic E-state index is 13.2. The van der Waals surface area contributed by atoms with Crippen molar-refractivity contribution >= 4 is 11.7 Å². The van der Waals surface area contributed by atoms with E-state index in [2.05, 4.69) is 26.8 Å². The summed E-state index contributed by atoms with van der Waals surface area (Å²) in [5.41, 5.74) is 5.77. The minimum atomic E-state index is -0.473. The first-order valence-electron chi connectivity index (χ1n) is 5.41. The molecule has 0 aliphatic rings. The molecule has 0 atom stereocenters. The van der Waals surface area contributed by atoms with E-state index in [-0.39, 0.29) is 23.5 Å². The fourth-order valence-electron chi connectivity index (χ4n) is 1.42. The Kier molecular flexibility index (Phi) is 3.90. The highest BCUT2D eigenvalue weighted by Crippen LogP contribution is 2.13. The van der Waals surface area contributed by atoms with Gasteiger partial charge in [-0.3, -0.25) is 4.79 Å². The van der Waals surface area contributed by atoms with Gasteiger partial charge >= 0.3 is 0 Å². The Morgan fingerprint density at radius 1 is 1.47 bits per heavy atom. The highest BCUT2D eigenvalue weighted by Gasteiger charge is 2.12. The molecule has 0 aliphatic heterocycles. The number of hydrogen-bond donors (Lipinski definition) is 2. The van der Waals surface area contributed by atoms with Crippen LogP contribution in [0, 0.1) is 17.7 Å². The molecule has 96 valence electrons. The second-order valence-electron chi connectivity index (χ2n) is 3.53. The minimum absolute atomic E-state index is 0.126. The highest BCUT2D eigenvalue weighted by atomic mass is 19.1. The van der Waals surface area contributed by atoms with E-state index < -0.39 is 11.7 Å². The molecular weight excluding hydrogens is 249 g/mol. The summed E-state index contributed by atoms with van der Waals surface area (Å²) in [6, 6.07) is 5.21. The van der Waals surface area contributed by atoms with Crippen LogP contribution in [-0.4, -0.2) is 17.6 Å². The number of aromatic nitrogens is 1. The van der Waals surface area contributed by atoms with Gasteiger partial charge in [-0.15, -0.1) is 0 Å². The van der Waals surface area contributed by atoms with Crippen LogP contribution in [0.5, 0.6) is 0 Å². The predicted octanol–water partition coefficient (Wildman–Crippen LogP) is 1.38. The number of carbonyl (C=O) groups excluding carboxylic acids is 1. The van der Waals surface area contributed by atoms with E-state index in [1.54, 1.807) is 0 Å². The van der Waals surface area contributed by atoms with Crippen molar-refractivity contribution in [2.24, 2.45) is 5.73 Å². The number of rotatable bonds is 2. The van der Waals surface area contributed by atoms with Gasteiger partial charge in [0.2, 0.25) is 0 Å². The lowest BCUT2D eigenvalue weighted by molar-refractivity contribution is 0.102. The first kappa shape index (κ1) is 12.8. The molecule has 2 aromatic rings. The first-order valence-corrected chi connectivity index (χ1v) is 5.41. The third kappa shape index (κ3) is 3.18. The molecule has 0 unspecified atom stereocenters. The average Bonchev–Trinajstić information content (AvgIpc) is 2.89. The van der Waals surface area contributed by atoms with Crippen LogP contribution >= 0.6 is 0 Å². The topological polar surface area (TPSA) is 81.2 Å².